The molecule has 102 valence electrons. The van der Waals surface area contributed by atoms with Gasteiger partial charge in [-0.1, -0.05) is 33.6 Å². The first-order valence-corrected chi connectivity index (χ1v) is 7.56. The number of hydrogen-bond donors (Lipinski definition) is 2. The first-order chi connectivity index (χ1) is 8.48. The van der Waals surface area contributed by atoms with Crippen LogP contribution in [0.5, 0.6) is 0 Å². The van der Waals surface area contributed by atoms with Gasteiger partial charge in [-0.2, -0.15) is 4.37 Å². The average Bonchev–Trinajstić information content (AvgIpc) is 2.75. The molecule has 0 spiro atoms. The Hall–Kier alpha value is -0.680. The molecular formula is C13H23N3OS. The lowest BCUT2D eigenvalue weighted by atomic mass is 9.79. The lowest BCUT2D eigenvalue weighted by molar-refractivity contribution is -0.000766. The molecule has 0 aliphatic heterocycles. The Morgan fingerprint density at radius 3 is 2.94 bits per heavy atom. The molecule has 1 fully saturated rings. The van der Waals surface area contributed by atoms with Crippen LogP contribution in [0.3, 0.4) is 0 Å². The van der Waals surface area contributed by atoms with Crippen molar-refractivity contribution in [2.75, 3.05) is 11.9 Å². The van der Waals surface area contributed by atoms with Crippen molar-refractivity contribution in [1.82, 2.24) is 9.36 Å². The lowest BCUT2D eigenvalue weighted by Gasteiger charge is -2.35. The third kappa shape index (κ3) is 3.42. The number of anilines is 1. The molecule has 2 unspecified atom stereocenters. The average molecular weight is 269 g/mol. The van der Waals surface area contributed by atoms with Crippen LogP contribution in [-0.4, -0.2) is 26.6 Å². The number of aromatic nitrogens is 2. The summed E-state index contributed by atoms with van der Waals surface area (Å²) >= 11 is 1.38. The van der Waals surface area contributed by atoms with Gasteiger partial charge < -0.3 is 10.4 Å². The maximum atomic E-state index is 10.5. The zero-order chi connectivity index (χ0) is 13.2. The van der Waals surface area contributed by atoms with Crippen molar-refractivity contribution in [3.8, 4) is 0 Å². The summed E-state index contributed by atoms with van der Waals surface area (Å²) in [4.78, 5) is 4.43. The second-order valence-corrected chi connectivity index (χ2v) is 6.64. The third-order valence-electron chi connectivity index (χ3n) is 3.59. The molecule has 1 aliphatic carbocycles. The van der Waals surface area contributed by atoms with E-state index in [1.165, 1.54) is 18.0 Å². The number of nitrogens with zero attached hydrogens (tertiary/aromatic N) is 2. The van der Waals surface area contributed by atoms with E-state index in [0.717, 1.165) is 30.2 Å². The van der Waals surface area contributed by atoms with Crippen molar-refractivity contribution < 1.29 is 5.11 Å². The van der Waals surface area contributed by atoms with Crippen LogP contribution in [0.4, 0.5) is 5.13 Å². The highest BCUT2D eigenvalue weighted by molar-refractivity contribution is 7.09. The molecule has 2 rings (SSSR count). The number of aliphatic hydroxyl groups is 1. The Morgan fingerprint density at radius 2 is 2.33 bits per heavy atom. The predicted octanol–water partition coefficient (Wildman–Crippen LogP) is 3.01. The van der Waals surface area contributed by atoms with Crippen LogP contribution in [0.25, 0.3) is 0 Å². The fourth-order valence-electron chi connectivity index (χ4n) is 2.57. The highest BCUT2D eigenvalue weighted by Crippen LogP contribution is 2.32. The van der Waals surface area contributed by atoms with Gasteiger partial charge in [-0.05, 0) is 18.8 Å². The molecule has 0 radical (unpaired) electrons. The Kier molecular flexibility index (Phi) is 4.22. The maximum Gasteiger partial charge on any atom is 0.202 e. The predicted molar refractivity (Wildman–Crippen MR) is 75.1 cm³/mol. The standard InChI is InChI=1S/C13H23N3OS/c1-9(2)11-15-12(18-16-11)14-8-13(17)6-4-5-10(3)7-13/h9-10,17H,4-8H2,1-3H3,(H,14,15,16). The molecule has 0 bridgehead atoms. The molecule has 1 aromatic rings. The normalized spacial score (nSPS) is 28.6. The van der Waals surface area contributed by atoms with Gasteiger partial charge in [-0.25, -0.2) is 4.98 Å². The summed E-state index contributed by atoms with van der Waals surface area (Å²) in [5.74, 6) is 1.85. The van der Waals surface area contributed by atoms with E-state index in [1.54, 1.807) is 0 Å². The van der Waals surface area contributed by atoms with Crippen LogP contribution in [-0.2, 0) is 0 Å². The Balaban J connectivity index is 1.90. The fourth-order valence-corrected chi connectivity index (χ4v) is 3.28. The molecule has 4 nitrogen and oxygen atoms in total. The zero-order valence-electron chi connectivity index (χ0n) is 11.4. The Labute approximate surface area is 113 Å². The van der Waals surface area contributed by atoms with E-state index in [2.05, 4.69) is 35.4 Å². The topological polar surface area (TPSA) is 58.0 Å². The zero-order valence-corrected chi connectivity index (χ0v) is 12.3. The van der Waals surface area contributed by atoms with Crippen LogP contribution < -0.4 is 5.32 Å². The summed E-state index contributed by atoms with van der Waals surface area (Å²) in [6.07, 6.45) is 4.13. The van der Waals surface area contributed by atoms with E-state index in [0.29, 0.717) is 18.4 Å². The molecule has 0 aromatic carbocycles. The minimum absolute atomic E-state index is 0.356. The molecule has 18 heavy (non-hydrogen) atoms. The van der Waals surface area contributed by atoms with Gasteiger partial charge in [-0.3, -0.25) is 0 Å². The molecule has 1 aliphatic rings. The Morgan fingerprint density at radius 1 is 1.56 bits per heavy atom. The first-order valence-electron chi connectivity index (χ1n) is 6.78. The second-order valence-electron chi connectivity index (χ2n) is 5.89. The molecule has 0 saturated heterocycles. The lowest BCUT2D eigenvalue weighted by Crippen LogP contribution is -2.41. The van der Waals surface area contributed by atoms with Crippen LogP contribution >= 0.6 is 11.5 Å². The summed E-state index contributed by atoms with van der Waals surface area (Å²) in [5.41, 5.74) is -0.568. The molecule has 5 heteroatoms. The molecule has 2 atom stereocenters. The van der Waals surface area contributed by atoms with Crippen LogP contribution in [0.2, 0.25) is 0 Å². The van der Waals surface area contributed by atoms with Gasteiger partial charge in [-0.15, -0.1) is 0 Å². The minimum atomic E-state index is -0.568. The molecule has 2 N–H and O–H groups in total. The largest absolute Gasteiger partial charge is 0.388 e. The van der Waals surface area contributed by atoms with Crippen molar-refractivity contribution in [2.45, 2.75) is 58.0 Å². The highest BCUT2D eigenvalue weighted by atomic mass is 32.1. The fraction of sp³-hybridized carbons (Fsp3) is 0.846. The molecule has 1 aromatic heterocycles. The smallest absolute Gasteiger partial charge is 0.202 e. The van der Waals surface area contributed by atoms with E-state index >= 15 is 0 Å². The van der Waals surface area contributed by atoms with E-state index in [-0.39, 0.29) is 0 Å². The molecular weight excluding hydrogens is 246 g/mol. The summed E-state index contributed by atoms with van der Waals surface area (Å²) in [6.45, 7) is 6.97. The number of hydrogen-bond acceptors (Lipinski definition) is 5. The van der Waals surface area contributed by atoms with Crippen molar-refractivity contribution in [1.29, 1.82) is 0 Å². The third-order valence-corrected chi connectivity index (χ3v) is 4.28. The van der Waals surface area contributed by atoms with Crippen LogP contribution in [0.1, 0.15) is 58.2 Å². The summed E-state index contributed by atoms with van der Waals surface area (Å²) < 4.78 is 4.30. The minimum Gasteiger partial charge on any atom is -0.388 e. The quantitative estimate of drug-likeness (QED) is 0.882. The van der Waals surface area contributed by atoms with E-state index < -0.39 is 5.60 Å². The maximum absolute atomic E-state index is 10.5. The summed E-state index contributed by atoms with van der Waals surface area (Å²) in [7, 11) is 0. The highest BCUT2D eigenvalue weighted by Gasteiger charge is 2.32. The number of nitrogens with one attached hydrogen (secondary N) is 1. The van der Waals surface area contributed by atoms with Crippen LogP contribution in [0, 0.1) is 5.92 Å². The summed E-state index contributed by atoms with van der Waals surface area (Å²) in [5, 5.41) is 14.6. The second kappa shape index (κ2) is 5.53. The van der Waals surface area contributed by atoms with Gasteiger partial charge in [0, 0.05) is 24.0 Å². The van der Waals surface area contributed by atoms with Crippen molar-refractivity contribution >= 4 is 16.7 Å². The van der Waals surface area contributed by atoms with Gasteiger partial charge in [0.1, 0.15) is 5.82 Å². The van der Waals surface area contributed by atoms with Gasteiger partial charge >= 0.3 is 0 Å². The van der Waals surface area contributed by atoms with E-state index in [1.807, 2.05) is 0 Å². The SMILES string of the molecule is CC1CCCC(O)(CNc2nc(C(C)C)ns2)C1. The molecule has 0 amide bonds. The Bertz CT molecular complexity index is 393. The van der Waals surface area contributed by atoms with Crippen molar-refractivity contribution in [3.63, 3.8) is 0 Å². The van der Waals surface area contributed by atoms with Gasteiger partial charge in [0.05, 0.1) is 5.60 Å². The van der Waals surface area contributed by atoms with E-state index in [9.17, 15) is 5.11 Å². The van der Waals surface area contributed by atoms with Gasteiger partial charge in [0.25, 0.3) is 0 Å². The first kappa shape index (κ1) is 13.7. The molecule has 1 heterocycles. The van der Waals surface area contributed by atoms with Gasteiger partial charge in [0.2, 0.25) is 5.13 Å². The molecule has 1 saturated carbocycles. The number of rotatable bonds is 4. The van der Waals surface area contributed by atoms with Crippen molar-refractivity contribution in [3.05, 3.63) is 5.82 Å². The van der Waals surface area contributed by atoms with E-state index in [4.69, 9.17) is 0 Å². The monoisotopic (exact) mass is 269 g/mol. The summed E-state index contributed by atoms with van der Waals surface area (Å²) in [6, 6.07) is 0. The van der Waals surface area contributed by atoms with Crippen molar-refractivity contribution in [2.24, 2.45) is 5.92 Å². The van der Waals surface area contributed by atoms with Gasteiger partial charge in [0.15, 0.2) is 0 Å². The van der Waals surface area contributed by atoms with Crippen LogP contribution in [0.15, 0.2) is 0 Å².